The van der Waals surface area contributed by atoms with Gasteiger partial charge in [-0.25, -0.2) is 4.98 Å². The van der Waals surface area contributed by atoms with Gasteiger partial charge < -0.3 is 10.3 Å². The van der Waals surface area contributed by atoms with Gasteiger partial charge in [0.2, 0.25) is 0 Å². The molecule has 1 aromatic heterocycles. The second kappa shape index (κ2) is 5.56. The van der Waals surface area contributed by atoms with E-state index in [0.29, 0.717) is 5.92 Å². The van der Waals surface area contributed by atoms with Crippen LogP contribution in [0.3, 0.4) is 0 Å². The maximum absolute atomic E-state index is 6.20. The minimum atomic E-state index is 0.579. The molecule has 1 aliphatic rings. The van der Waals surface area contributed by atoms with E-state index in [1.54, 1.807) is 0 Å². The third-order valence-corrected chi connectivity index (χ3v) is 3.84. The van der Waals surface area contributed by atoms with E-state index in [9.17, 15) is 0 Å². The molecule has 96 valence electrons. The highest BCUT2D eigenvalue weighted by atomic mass is 15.2. The molecule has 0 amide bonds. The number of aromatic nitrogens is 2. The van der Waals surface area contributed by atoms with Crippen molar-refractivity contribution < 1.29 is 0 Å². The van der Waals surface area contributed by atoms with Crippen molar-refractivity contribution in [2.24, 2.45) is 0 Å². The normalized spacial score (nSPS) is 19.3. The molecule has 3 heteroatoms. The fourth-order valence-electron chi connectivity index (χ4n) is 2.73. The summed E-state index contributed by atoms with van der Waals surface area (Å²) in [7, 11) is 0. The maximum Gasteiger partial charge on any atom is 0.126 e. The first-order valence-corrected chi connectivity index (χ1v) is 7.08. The van der Waals surface area contributed by atoms with Crippen molar-refractivity contribution in [1.29, 1.82) is 0 Å². The number of hydrogen-bond acceptors (Lipinski definition) is 2. The molecular weight excluding hydrogens is 210 g/mol. The van der Waals surface area contributed by atoms with Gasteiger partial charge in [-0.2, -0.15) is 0 Å². The molecule has 1 atom stereocenters. The molecule has 0 aromatic carbocycles. The fraction of sp³-hybridized carbons (Fsp3) is 0.786. The summed E-state index contributed by atoms with van der Waals surface area (Å²) < 4.78 is 2.24. The van der Waals surface area contributed by atoms with Gasteiger partial charge in [0.25, 0.3) is 0 Å². The number of rotatable bonds is 5. The lowest BCUT2D eigenvalue weighted by Crippen LogP contribution is -2.15. The molecule has 0 radical (unpaired) electrons. The zero-order valence-corrected chi connectivity index (χ0v) is 11.2. The standard InChI is InChI=1S/C14H25N3/c1-3-4-5-6-9-12-13(15)17-10-7-8-11(2)14(17)16-12/h11H,3-10,15H2,1-2H3. The second-order valence-electron chi connectivity index (χ2n) is 5.31. The molecule has 0 spiro atoms. The van der Waals surface area contributed by atoms with Crippen molar-refractivity contribution in [3.05, 3.63) is 11.5 Å². The van der Waals surface area contributed by atoms with Gasteiger partial charge in [0.05, 0.1) is 5.69 Å². The van der Waals surface area contributed by atoms with Crippen LogP contribution in [0.1, 0.15) is 69.8 Å². The van der Waals surface area contributed by atoms with E-state index >= 15 is 0 Å². The van der Waals surface area contributed by atoms with Crippen LogP contribution in [-0.4, -0.2) is 9.55 Å². The number of nitrogens with zero attached hydrogens (tertiary/aromatic N) is 2. The zero-order chi connectivity index (χ0) is 12.3. The van der Waals surface area contributed by atoms with Crippen molar-refractivity contribution in [2.75, 3.05) is 5.73 Å². The van der Waals surface area contributed by atoms with E-state index in [4.69, 9.17) is 10.7 Å². The van der Waals surface area contributed by atoms with Gasteiger partial charge in [-0.3, -0.25) is 0 Å². The predicted octanol–water partition coefficient (Wildman–Crippen LogP) is 3.49. The van der Waals surface area contributed by atoms with Gasteiger partial charge in [-0.05, 0) is 25.7 Å². The molecule has 2 heterocycles. The molecule has 1 aromatic rings. The minimum Gasteiger partial charge on any atom is -0.384 e. The van der Waals surface area contributed by atoms with E-state index in [2.05, 4.69) is 18.4 Å². The van der Waals surface area contributed by atoms with Crippen LogP contribution in [0.15, 0.2) is 0 Å². The largest absolute Gasteiger partial charge is 0.384 e. The molecule has 0 aliphatic carbocycles. The van der Waals surface area contributed by atoms with E-state index in [0.717, 1.165) is 24.5 Å². The first kappa shape index (κ1) is 12.5. The van der Waals surface area contributed by atoms with Crippen molar-refractivity contribution in [1.82, 2.24) is 9.55 Å². The van der Waals surface area contributed by atoms with Crippen LogP contribution in [0.2, 0.25) is 0 Å². The van der Waals surface area contributed by atoms with Crippen LogP contribution in [0.4, 0.5) is 5.82 Å². The number of fused-ring (bicyclic) bond motifs is 1. The van der Waals surface area contributed by atoms with Crippen LogP contribution in [0, 0.1) is 0 Å². The smallest absolute Gasteiger partial charge is 0.126 e. The van der Waals surface area contributed by atoms with Crippen LogP contribution in [-0.2, 0) is 13.0 Å². The van der Waals surface area contributed by atoms with E-state index in [1.165, 1.54) is 44.3 Å². The van der Waals surface area contributed by atoms with Crippen LogP contribution in [0.25, 0.3) is 0 Å². The Hall–Kier alpha value is -0.990. The Kier molecular flexibility index (Phi) is 4.08. The van der Waals surface area contributed by atoms with Crippen molar-refractivity contribution in [3.63, 3.8) is 0 Å². The summed E-state index contributed by atoms with van der Waals surface area (Å²) in [6.07, 6.45) is 8.68. The van der Waals surface area contributed by atoms with Gasteiger partial charge in [0.15, 0.2) is 0 Å². The van der Waals surface area contributed by atoms with Gasteiger partial charge in [0, 0.05) is 12.5 Å². The Morgan fingerprint density at radius 2 is 2.18 bits per heavy atom. The van der Waals surface area contributed by atoms with Gasteiger partial charge in [0.1, 0.15) is 11.6 Å². The fourth-order valence-corrected chi connectivity index (χ4v) is 2.73. The van der Waals surface area contributed by atoms with Crippen molar-refractivity contribution in [3.8, 4) is 0 Å². The van der Waals surface area contributed by atoms with E-state index in [-0.39, 0.29) is 0 Å². The SMILES string of the molecule is CCCCCCc1nc2n(c1N)CCCC2C. The number of hydrogen-bond donors (Lipinski definition) is 1. The third kappa shape index (κ3) is 2.64. The van der Waals surface area contributed by atoms with E-state index < -0.39 is 0 Å². The Balaban J connectivity index is 2.03. The van der Waals surface area contributed by atoms with Crippen molar-refractivity contribution >= 4 is 5.82 Å². The number of nitrogens with two attached hydrogens (primary N) is 1. The highest BCUT2D eigenvalue weighted by molar-refractivity contribution is 5.39. The summed E-state index contributed by atoms with van der Waals surface area (Å²) in [4.78, 5) is 4.77. The minimum absolute atomic E-state index is 0.579. The number of imidazole rings is 1. The summed E-state index contributed by atoms with van der Waals surface area (Å²) in [6.45, 7) is 5.57. The van der Waals surface area contributed by atoms with Gasteiger partial charge in [-0.1, -0.05) is 33.1 Å². The molecular formula is C14H25N3. The Morgan fingerprint density at radius 1 is 1.35 bits per heavy atom. The molecule has 17 heavy (non-hydrogen) atoms. The number of anilines is 1. The van der Waals surface area contributed by atoms with Crippen LogP contribution >= 0.6 is 0 Å². The summed E-state index contributed by atoms with van der Waals surface area (Å²) in [5.41, 5.74) is 7.34. The van der Waals surface area contributed by atoms with Gasteiger partial charge in [-0.15, -0.1) is 0 Å². The van der Waals surface area contributed by atoms with Gasteiger partial charge >= 0.3 is 0 Å². The first-order valence-electron chi connectivity index (χ1n) is 7.08. The summed E-state index contributed by atoms with van der Waals surface area (Å²) in [5, 5.41) is 0. The molecule has 2 rings (SSSR count). The highest BCUT2D eigenvalue weighted by Gasteiger charge is 2.22. The second-order valence-corrected chi connectivity index (χ2v) is 5.31. The topological polar surface area (TPSA) is 43.8 Å². The highest BCUT2D eigenvalue weighted by Crippen LogP contribution is 2.30. The molecule has 0 saturated heterocycles. The monoisotopic (exact) mass is 235 g/mol. The molecule has 0 saturated carbocycles. The molecule has 1 aliphatic heterocycles. The maximum atomic E-state index is 6.20. The quantitative estimate of drug-likeness (QED) is 0.794. The number of nitrogen functional groups attached to an aromatic ring is 1. The lowest BCUT2D eigenvalue weighted by atomic mass is 10.0. The Bertz CT molecular complexity index is 368. The Labute approximate surface area is 104 Å². The molecule has 2 N–H and O–H groups in total. The zero-order valence-electron chi connectivity index (χ0n) is 11.2. The van der Waals surface area contributed by atoms with Crippen LogP contribution in [0.5, 0.6) is 0 Å². The van der Waals surface area contributed by atoms with Crippen LogP contribution < -0.4 is 5.73 Å². The number of aryl methyl sites for hydroxylation is 1. The third-order valence-electron chi connectivity index (χ3n) is 3.84. The predicted molar refractivity (Wildman–Crippen MR) is 72.1 cm³/mol. The summed E-state index contributed by atoms with van der Waals surface area (Å²) in [5.74, 6) is 2.73. The average molecular weight is 235 g/mol. The molecule has 0 fully saturated rings. The molecule has 3 nitrogen and oxygen atoms in total. The number of unbranched alkanes of at least 4 members (excludes halogenated alkanes) is 3. The average Bonchev–Trinajstić information content (AvgIpc) is 2.65. The van der Waals surface area contributed by atoms with Crippen molar-refractivity contribution in [2.45, 2.75) is 71.3 Å². The molecule has 0 bridgehead atoms. The molecule has 1 unspecified atom stereocenters. The lowest BCUT2D eigenvalue weighted by molar-refractivity contribution is 0.467. The summed E-state index contributed by atoms with van der Waals surface area (Å²) in [6, 6.07) is 0. The Morgan fingerprint density at radius 3 is 2.88 bits per heavy atom. The first-order chi connectivity index (χ1) is 8.24. The lowest BCUT2D eigenvalue weighted by Gasteiger charge is -2.20. The van der Waals surface area contributed by atoms with E-state index in [1.807, 2.05) is 0 Å². The summed E-state index contributed by atoms with van der Waals surface area (Å²) >= 11 is 0.